The van der Waals surface area contributed by atoms with Gasteiger partial charge in [0.1, 0.15) is 5.75 Å². The number of ether oxygens (including phenoxy) is 2. The Labute approximate surface area is 201 Å². The van der Waals surface area contributed by atoms with Gasteiger partial charge in [-0.05, 0) is 61.5 Å². The Hall–Kier alpha value is -4.04. The number of aliphatic carboxylic acids is 1. The highest BCUT2D eigenvalue weighted by molar-refractivity contribution is 6.10. The summed E-state index contributed by atoms with van der Waals surface area (Å²) in [6, 6.07) is 13.9. The topological polar surface area (TPSA) is 112 Å². The van der Waals surface area contributed by atoms with Crippen LogP contribution in [0.5, 0.6) is 5.75 Å². The first-order valence-corrected chi connectivity index (χ1v) is 11.3. The normalized spacial score (nSPS) is 14.0. The number of non-ortho nitro benzene ring substituents is 1. The lowest BCUT2D eigenvalue weighted by Crippen LogP contribution is -2.27. The average Bonchev–Trinajstić information content (AvgIpc) is 2.82. The fraction of sp³-hybridized carbons (Fsp3) is 0.259. The molecule has 4 aromatic rings. The summed E-state index contributed by atoms with van der Waals surface area (Å²) in [6.07, 6.45) is 1.02. The van der Waals surface area contributed by atoms with Crippen molar-refractivity contribution in [2.45, 2.75) is 38.9 Å². The first-order chi connectivity index (χ1) is 16.7. The number of fused-ring (bicyclic) bond motifs is 1. The van der Waals surface area contributed by atoms with Gasteiger partial charge >= 0.3 is 5.97 Å². The van der Waals surface area contributed by atoms with Crippen LogP contribution in [0.1, 0.15) is 38.0 Å². The molecular weight excluding hydrogens is 448 g/mol. The summed E-state index contributed by atoms with van der Waals surface area (Å²) >= 11 is 0. The van der Waals surface area contributed by atoms with Crippen molar-refractivity contribution in [2.24, 2.45) is 0 Å². The minimum atomic E-state index is -1.43. The molecule has 2 heterocycles. The summed E-state index contributed by atoms with van der Waals surface area (Å²) in [6.45, 7) is 5.82. The molecule has 0 saturated heterocycles. The SMILES string of the molecule is CC(C)(C)O[C@H](C(=O)O)c1cc([N+](=O)[O-])c2ccccc2c1-c1ccc2c3c(ccnc13)CCO2. The smallest absolute Gasteiger partial charge is 0.337 e. The number of carboxylic acids is 1. The van der Waals surface area contributed by atoms with E-state index in [4.69, 9.17) is 9.47 Å². The van der Waals surface area contributed by atoms with Crippen molar-refractivity contribution < 1.29 is 24.3 Å². The molecule has 0 aliphatic carbocycles. The van der Waals surface area contributed by atoms with Crippen LogP contribution in [0.25, 0.3) is 32.8 Å². The van der Waals surface area contributed by atoms with Gasteiger partial charge in [0.15, 0.2) is 6.10 Å². The molecule has 1 aliphatic rings. The predicted octanol–water partition coefficient (Wildman–Crippen LogP) is 5.84. The van der Waals surface area contributed by atoms with E-state index in [0.717, 1.165) is 17.4 Å². The molecule has 0 spiro atoms. The molecule has 1 N–H and O–H groups in total. The van der Waals surface area contributed by atoms with Crippen LogP contribution in [0.4, 0.5) is 5.69 Å². The van der Waals surface area contributed by atoms with Gasteiger partial charge in [-0.1, -0.05) is 18.2 Å². The van der Waals surface area contributed by atoms with Gasteiger partial charge in [0.05, 0.1) is 28.0 Å². The van der Waals surface area contributed by atoms with E-state index < -0.39 is 22.6 Å². The van der Waals surface area contributed by atoms with E-state index in [9.17, 15) is 20.0 Å². The zero-order valence-electron chi connectivity index (χ0n) is 19.6. The predicted molar refractivity (Wildman–Crippen MR) is 132 cm³/mol. The lowest BCUT2D eigenvalue weighted by molar-refractivity contribution is -0.383. The number of aromatic nitrogens is 1. The lowest BCUT2D eigenvalue weighted by Gasteiger charge is -2.27. The van der Waals surface area contributed by atoms with Crippen molar-refractivity contribution in [3.05, 3.63) is 76.0 Å². The summed E-state index contributed by atoms with van der Waals surface area (Å²) in [5, 5.41) is 24.0. The maximum atomic E-state index is 12.5. The standard InChI is InChI=1S/C27H24N2O6/c1-27(2,3)35-25(26(30)31)19-14-20(29(32)33)16-6-4-5-7-17(16)23(19)18-8-9-21-22-15(11-13-34-21)10-12-28-24(18)22/h4-10,12,14,25H,11,13H2,1-3H3,(H,30,31)/t25-/m0/s1. The monoisotopic (exact) mass is 472 g/mol. The molecule has 8 nitrogen and oxygen atoms in total. The molecule has 3 aromatic carbocycles. The lowest BCUT2D eigenvalue weighted by atomic mass is 9.87. The average molecular weight is 472 g/mol. The molecule has 0 bridgehead atoms. The second-order valence-electron chi connectivity index (χ2n) is 9.51. The van der Waals surface area contributed by atoms with Crippen LogP contribution in [0.2, 0.25) is 0 Å². The first kappa shape index (κ1) is 22.7. The number of hydrogen-bond donors (Lipinski definition) is 1. The van der Waals surface area contributed by atoms with Crippen molar-refractivity contribution >= 4 is 33.3 Å². The van der Waals surface area contributed by atoms with Gasteiger partial charge < -0.3 is 14.6 Å². The first-order valence-electron chi connectivity index (χ1n) is 11.3. The molecular formula is C27H24N2O6. The molecule has 1 aromatic heterocycles. The molecule has 178 valence electrons. The second kappa shape index (κ2) is 8.32. The molecule has 1 aliphatic heterocycles. The van der Waals surface area contributed by atoms with Crippen LogP contribution in [0.15, 0.2) is 54.7 Å². The maximum absolute atomic E-state index is 12.5. The summed E-state index contributed by atoms with van der Waals surface area (Å²) in [5.74, 6) is -0.517. The van der Waals surface area contributed by atoms with Gasteiger partial charge in [-0.15, -0.1) is 0 Å². The zero-order chi connectivity index (χ0) is 24.9. The van der Waals surface area contributed by atoms with Gasteiger partial charge in [-0.25, -0.2) is 4.79 Å². The van der Waals surface area contributed by atoms with Gasteiger partial charge in [0.2, 0.25) is 0 Å². The Morgan fingerprint density at radius 1 is 1.17 bits per heavy atom. The largest absolute Gasteiger partial charge is 0.493 e. The molecule has 8 heteroatoms. The Kier molecular flexibility index (Phi) is 5.40. The number of nitro benzene ring substituents is 1. The summed E-state index contributed by atoms with van der Waals surface area (Å²) in [7, 11) is 0. The zero-order valence-corrected chi connectivity index (χ0v) is 19.6. The highest BCUT2D eigenvalue weighted by Gasteiger charge is 2.33. The number of nitro groups is 1. The summed E-state index contributed by atoms with van der Waals surface area (Å²) in [5.41, 5.74) is 2.17. The van der Waals surface area contributed by atoms with Crippen molar-refractivity contribution in [3.8, 4) is 16.9 Å². The minimum absolute atomic E-state index is 0.179. The van der Waals surface area contributed by atoms with Crippen molar-refractivity contribution in [3.63, 3.8) is 0 Å². The quantitative estimate of drug-likeness (QED) is 0.287. The minimum Gasteiger partial charge on any atom is -0.493 e. The van der Waals surface area contributed by atoms with E-state index in [1.807, 2.05) is 18.2 Å². The molecule has 0 saturated carbocycles. The Morgan fingerprint density at radius 3 is 2.60 bits per heavy atom. The van der Waals surface area contributed by atoms with Crippen LogP contribution in [0.3, 0.4) is 0 Å². The Bertz CT molecular complexity index is 1500. The van der Waals surface area contributed by atoms with Crippen molar-refractivity contribution in [2.75, 3.05) is 6.61 Å². The van der Waals surface area contributed by atoms with Crippen LogP contribution >= 0.6 is 0 Å². The summed E-state index contributed by atoms with van der Waals surface area (Å²) in [4.78, 5) is 28.7. The third-order valence-corrected chi connectivity index (χ3v) is 6.07. The Morgan fingerprint density at radius 2 is 1.91 bits per heavy atom. The molecule has 35 heavy (non-hydrogen) atoms. The highest BCUT2D eigenvalue weighted by atomic mass is 16.6. The van der Waals surface area contributed by atoms with Gasteiger partial charge in [0.25, 0.3) is 5.69 Å². The van der Waals surface area contributed by atoms with E-state index in [0.29, 0.717) is 39.8 Å². The number of rotatable bonds is 5. The van der Waals surface area contributed by atoms with E-state index in [-0.39, 0.29) is 11.3 Å². The van der Waals surface area contributed by atoms with Gasteiger partial charge in [-0.3, -0.25) is 15.1 Å². The van der Waals surface area contributed by atoms with E-state index >= 15 is 0 Å². The number of hydrogen-bond acceptors (Lipinski definition) is 6. The van der Waals surface area contributed by atoms with Crippen LogP contribution in [-0.4, -0.2) is 33.2 Å². The number of nitrogens with zero attached hydrogens (tertiary/aromatic N) is 2. The van der Waals surface area contributed by atoms with Gasteiger partial charge in [0, 0.05) is 35.2 Å². The van der Waals surface area contributed by atoms with Crippen LogP contribution in [-0.2, 0) is 16.0 Å². The van der Waals surface area contributed by atoms with Crippen molar-refractivity contribution in [1.82, 2.24) is 4.98 Å². The number of benzene rings is 3. The third-order valence-electron chi connectivity index (χ3n) is 6.07. The molecule has 0 unspecified atom stereocenters. The second-order valence-corrected chi connectivity index (χ2v) is 9.51. The van der Waals surface area contributed by atoms with Crippen LogP contribution in [0, 0.1) is 10.1 Å². The molecule has 0 amide bonds. The molecule has 0 fully saturated rings. The third kappa shape index (κ3) is 3.95. The molecule has 0 radical (unpaired) electrons. The molecule has 5 rings (SSSR count). The van der Waals surface area contributed by atoms with Crippen molar-refractivity contribution in [1.29, 1.82) is 0 Å². The number of pyridine rings is 1. The molecule has 1 atom stereocenters. The summed E-state index contributed by atoms with van der Waals surface area (Å²) < 4.78 is 11.8. The highest BCUT2D eigenvalue weighted by Crippen LogP contribution is 2.46. The maximum Gasteiger partial charge on any atom is 0.337 e. The Balaban J connectivity index is 1.93. The van der Waals surface area contributed by atoms with Gasteiger partial charge in [-0.2, -0.15) is 0 Å². The fourth-order valence-corrected chi connectivity index (χ4v) is 4.74. The fourth-order valence-electron chi connectivity index (χ4n) is 4.74. The van der Waals surface area contributed by atoms with E-state index in [1.54, 1.807) is 51.2 Å². The number of carbonyl (C=O) groups is 1. The van der Waals surface area contributed by atoms with Crippen LogP contribution < -0.4 is 4.74 Å². The van der Waals surface area contributed by atoms with E-state index in [2.05, 4.69) is 4.98 Å². The number of carboxylic acid groups (broad SMARTS) is 1. The van der Waals surface area contributed by atoms with E-state index in [1.165, 1.54) is 6.07 Å².